The van der Waals surface area contributed by atoms with Gasteiger partial charge < -0.3 is 0 Å². The SMILES string of the molecule is CCC(Br)C(=O)c1ccccn1. The molecule has 0 radical (unpaired) electrons. The van der Waals surface area contributed by atoms with Gasteiger partial charge in [-0.15, -0.1) is 0 Å². The predicted molar refractivity (Wildman–Crippen MR) is 51.6 cm³/mol. The fourth-order valence-electron chi connectivity index (χ4n) is 0.854. The van der Waals surface area contributed by atoms with Crippen molar-refractivity contribution in [3.05, 3.63) is 30.1 Å². The maximum Gasteiger partial charge on any atom is 0.194 e. The third kappa shape index (κ3) is 2.14. The average molecular weight is 228 g/mol. The van der Waals surface area contributed by atoms with Crippen LogP contribution in [0.15, 0.2) is 24.4 Å². The number of alkyl halides is 1. The monoisotopic (exact) mass is 227 g/mol. The number of ketones is 1. The van der Waals surface area contributed by atoms with Gasteiger partial charge in [0.1, 0.15) is 5.69 Å². The molecule has 1 rings (SSSR count). The molecule has 0 N–H and O–H groups in total. The van der Waals surface area contributed by atoms with Crippen LogP contribution in [-0.4, -0.2) is 15.6 Å². The summed E-state index contributed by atoms with van der Waals surface area (Å²) in [5.41, 5.74) is 0.529. The molecular weight excluding hydrogens is 218 g/mol. The largest absolute Gasteiger partial charge is 0.291 e. The molecule has 0 aliphatic carbocycles. The normalized spacial score (nSPS) is 12.5. The van der Waals surface area contributed by atoms with E-state index in [0.29, 0.717) is 5.69 Å². The summed E-state index contributed by atoms with van der Waals surface area (Å²) < 4.78 is 0. The van der Waals surface area contributed by atoms with Gasteiger partial charge in [0.25, 0.3) is 0 Å². The molecule has 0 spiro atoms. The van der Waals surface area contributed by atoms with E-state index in [-0.39, 0.29) is 10.6 Å². The Kier molecular flexibility index (Phi) is 3.41. The highest BCUT2D eigenvalue weighted by atomic mass is 79.9. The Morgan fingerprint density at radius 3 is 2.92 bits per heavy atom. The second-order valence-electron chi connectivity index (χ2n) is 2.46. The fraction of sp³-hybridized carbons (Fsp3) is 0.333. The molecule has 1 aromatic heterocycles. The molecule has 0 bridgehead atoms. The second kappa shape index (κ2) is 4.36. The molecule has 0 saturated carbocycles. The lowest BCUT2D eigenvalue weighted by Crippen LogP contribution is -2.14. The minimum atomic E-state index is -0.104. The van der Waals surface area contributed by atoms with Gasteiger partial charge in [0.15, 0.2) is 5.78 Å². The predicted octanol–water partition coefficient (Wildman–Crippen LogP) is 2.44. The fourth-order valence-corrected chi connectivity index (χ4v) is 1.09. The lowest BCUT2D eigenvalue weighted by Gasteiger charge is -2.03. The zero-order chi connectivity index (χ0) is 8.97. The van der Waals surface area contributed by atoms with E-state index in [9.17, 15) is 4.79 Å². The van der Waals surface area contributed by atoms with Gasteiger partial charge in [-0.1, -0.05) is 28.9 Å². The van der Waals surface area contributed by atoms with E-state index in [2.05, 4.69) is 20.9 Å². The third-order valence-electron chi connectivity index (χ3n) is 1.56. The molecule has 2 nitrogen and oxygen atoms in total. The number of carbonyl (C=O) groups is 1. The number of carbonyl (C=O) groups excluding carboxylic acids is 1. The van der Waals surface area contributed by atoms with Crippen molar-refractivity contribution >= 4 is 21.7 Å². The van der Waals surface area contributed by atoms with Crippen LogP contribution in [0, 0.1) is 0 Å². The van der Waals surface area contributed by atoms with Gasteiger partial charge in [0, 0.05) is 6.20 Å². The molecule has 12 heavy (non-hydrogen) atoms. The number of Topliss-reactive ketones (excluding diaryl/α,β-unsaturated/α-hetero) is 1. The summed E-state index contributed by atoms with van der Waals surface area (Å²) in [5, 5.41) is 0. The molecule has 0 amide bonds. The first-order valence-corrected chi connectivity index (χ1v) is 4.76. The second-order valence-corrected chi connectivity index (χ2v) is 3.56. The van der Waals surface area contributed by atoms with E-state index in [1.807, 2.05) is 13.0 Å². The summed E-state index contributed by atoms with van der Waals surface area (Å²) in [4.78, 5) is 15.3. The van der Waals surface area contributed by atoms with Crippen molar-refractivity contribution in [3.8, 4) is 0 Å². The molecule has 1 unspecified atom stereocenters. The summed E-state index contributed by atoms with van der Waals surface area (Å²) in [6.45, 7) is 1.96. The van der Waals surface area contributed by atoms with Crippen molar-refractivity contribution in [2.45, 2.75) is 18.2 Å². The van der Waals surface area contributed by atoms with Gasteiger partial charge in [-0.2, -0.15) is 0 Å². The highest BCUT2D eigenvalue weighted by Gasteiger charge is 2.14. The highest BCUT2D eigenvalue weighted by Crippen LogP contribution is 2.10. The van der Waals surface area contributed by atoms with E-state index in [0.717, 1.165) is 6.42 Å². The first-order chi connectivity index (χ1) is 5.75. The van der Waals surface area contributed by atoms with Gasteiger partial charge in [0.2, 0.25) is 0 Å². The summed E-state index contributed by atoms with van der Waals surface area (Å²) in [7, 11) is 0. The Morgan fingerprint density at radius 2 is 2.42 bits per heavy atom. The Hall–Kier alpha value is -0.700. The first kappa shape index (κ1) is 9.39. The van der Waals surface area contributed by atoms with Crippen molar-refractivity contribution in [3.63, 3.8) is 0 Å². The van der Waals surface area contributed by atoms with Crippen LogP contribution in [0.4, 0.5) is 0 Å². The van der Waals surface area contributed by atoms with E-state index in [1.165, 1.54) is 0 Å². The van der Waals surface area contributed by atoms with Crippen LogP contribution in [0.25, 0.3) is 0 Å². The smallest absolute Gasteiger partial charge is 0.194 e. The summed E-state index contributed by atoms with van der Waals surface area (Å²) >= 11 is 3.29. The van der Waals surface area contributed by atoms with Gasteiger partial charge >= 0.3 is 0 Å². The Labute approximate surface area is 80.1 Å². The summed E-state index contributed by atoms with van der Waals surface area (Å²) in [5.74, 6) is 0.0538. The van der Waals surface area contributed by atoms with Crippen molar-refractivity contribution in [2.75, 3.05) is 0 Å². The molecule has 1 heterocycles. The molecule has 3 heteroatoms. The maximum atomic E-state index is 11.5. The molecule has 0 fully saturated rings. The minimum Gasteiger partial charge on any atom is -0.291 e. The third-order valence-corrected chi connectivity index (χ3v) is 2.62. The lowest BCUT2D eigenvalue weighted by atomic mass is 10.1. The van der Waals surface area contributed by atoms with Crippen LogP contribution in [-0.2, 0) is 0 Å². The van der Waals surface area contributed by atoms with E-state index >= 15 is 0 Å². The number of rotatable bonds is 3. The molecule has 0 saturated heterocycles. The van der Waals surface area contributed by atoms with Crippen LogP contribution in [0.2, 0.25) is 0 Å². The quantitative estimate of drug-likeness (QED) is 0.587. The van der Waals surface area contributed by atoms with Crippen LogP contribution in [0.3, 0.4) is 0 Å². The van der Waals surface area contributed by atoms with Crippen LogP contribution >= 0.6 is 15.9 Å². The molecular formula is C9H10BrNO. The number of hydrogen-bond donors (Lipinski definition) is 0. The standard InChI is InChI=1S/C9H10BrNO/c1-2-7(10)9(12)8-5-3-4-6-11-8/h3-7H,2H2,1H3. The van der Waals surface area contributed by atoms with Crippen molar-refractivity contribution < 1.29 is 4.79 Å². The topological polar surface area (TPSA) is 30.0 Å². The van der Waals surface area contributed by atoms with Gasteiger partial charge in [-0.05, 0) is 18.6 Å². The van der Waals surface area contributed by atoms with E-state index < -0.39 is 0 Å². The zero-order valence-corrected chi connectivity index (χ0v) is 8.41. The number of nitrogens with zero attached hydrogens (tertiary/aromatic N) is 1. The molecule has 1 atom stereocenters. The van der Waals surface area contributed by atoms with Gasteiger partial charge in [0.05, 0.1) is 4.83 Å². The van der Waals surface area contributed by atoms with Crippen molar-refractivity contribution in [1.82, 2.24) is 4.98 Å². The Balaban J connectivity index is 2.79. The maximum absolute atomic E-state index is 11.5. The molecule has 64 valence electrons. The Morgan fingerprint density at radius 1 is 1.67 bits per heavy atom. The van der Waals surface area contributed by atoms with Crippen molar-refractivity contribution in [1.29, 1.82) is 0 Å². The number of aromatic nitrogens is 1. The summed E-state index contributed by atoms with van der Waals surface area (Å²) in [6.07, 6.45) is 2.41. The molecule has 0 aromatic carbocycles. The highest BCUT2D eigenvalue weighted by molar-refractivity contribution is 9.10. The summed E-state index contributed by atoms with van der Waals surface area (Å²) in [6, 6.07) is 5.34. The van der Waals surface area contributed by atoms with Gasteiger partial charge in [-0.3, -0.25) is 9.78 Å². The molecule has 1 aromatic rings. The van der Waals surface area contributed by atoms with Crippen LogP contribution < -0.4 is 0 Å². The first-order valence-electron chi connectivity index (χ1n) is 3.85. The van der Waals surface area contributed by atoms with Crippen LogP contribution in [0.5, 0.6) is 0 Å². The number of halogens is 1. The average Bonchev–Trinajstić information content (AvgIpc) is 2.17. The van der Waals surface area contributed by atoms with E-state index in [1.54, 1.807) is 18.3 Å². The Bertz CT molecular complexity index is 260. The van der Waals surface area contributed by atoms with Crippen molar-refractivity contribution in [2.24, 2.45) is 0 Å². The number of pyridine rings is 1. The molecule has 0 aliphatic heterocycles. The van der Waals surface area contributed by atoms with Gasteiger partial charge in [-0.25, -0.2) is 0 Å². The van der Waals surface area contributed by atoms with Crippen LogP contribution in [0.1, 0.15) is 23.8 Å². The zero-order valence-electron chi connectivity index (χ0n) is 6.83. The minimum absolute atomic E-state index is 0.0538. The number of hydrogen-bond acceptors (Lipinski definition) is 2. The molecule has 0 aliphatic rings. The lowest BCUT2D eigenvalue weighted by molar-refractivity contribution is 0.0985. The van der Waals surface area contributed by atoms with E-state index in [4.69, 9.17) is 0 Å².